The molecule has 0 radical (unpaired) electrons. The molecule has 0 saturated heterocycles. The van der Waals surface area contributed by atoms with Crippen LogP contribution < -0.4 is 0 Å². The molecule has 2 heterocycles. The number of aryl methyl sites for hydroxylation is 2. The molecule has 0 spiro atoms. The Bertz CT molecular complexity index is 999. The van der Waals surface area contributed by atoms with Crippen molar-refractivity contribution in [2.75, 3.05) is 6.61 Å². The van der Waals surface area contributed by atoms with Crippen molar-refractivity contribution in [3.05, 3.63) is 63.9 Å². The lowest BCUT2D eigenvalue weighted by Gasteiger charge is -2.04. The van der Waals surface area contributed by atoms with Crippen LogP contribution in [0.4, 0.5) is 0 Å². The van der Waals surface area contributed by atoms with Crippen molar-refractivity contribution >= 4 is 23.1 Å². The molecule has 5 nitrogen and oxygen atoms in total. The van der Waals surface area contributed by atoms with Gasteiger partial charge in [-0.25, -0.2) is 4.98 Å². The summed E-state index contributed by atoms with van der Waals surface area (Å²) in [6.45, 7) is 5.68. The molecule has 0 aliphatic heterocycles. The lowest BCUT2D eigenvalue weighted by atomic mass is 10.1. The van der Waals surface area contributed by atoms with Crippen LogP contribution in [0.3, 0.4) is 0 Å². The van der Waals surface area contributed by atoms with E-state index in [1.807, 2.05) is 49.0 Å². The van der Waals surface area contributed by atoms with Gasteiger partial charge in [0.2, 0.25) is 5.78 Å². The van der Waals surface area contributed by atoms with Gasteiger partial charge in [0, 0.05) is 34.9 Å². The molecule has 0 aliphatic carbocycles. The fraction of sp³-hybridized carbons (Fsp3) is 0.318. The van der Waals surface area contributed by atoms with Gasteiger partial charge in [0.25, 0.3) is 0 Å². The van der Waals surface area contributed by atoms with Crippen LogP contribution in [-0.2, 0) is 29.4 Å². The first-order valence-electron chi connectivity index (χ1n) is 9.24. The Kier molecular flexibility index (Phi) is 6.09. The van der Waals surface area contributed by atoms with Crippen LogP contribution in [0.25, 0.3) is 10.6 Å². The number of rotatable bonds is 7. The number of ether oxygens (including phenoxy) is 1. The summed E-state index contributed by atoms with van der Waals surface area (Å²) in [5, 5.41) is 2.73. The van der Waals surface area contributed by atoms with Crippen molar-refractivity contribution in [2.45, 2.75) is 33.6 Å². The van der Waals surface area contributed by atoms with E-state index in [1.165, 1.54) is 16.9 Å². The van der Waals surface area contributed by atoms with E-state index in [4.69, 9.17) is 4.74 Å². The highest BCUT2D eigenvalue weighted by Gasteiger charge is 2.17. The quantitative estimate of drug-likeness (QED) is 0.441. The summed E-state index contributed by atoms with van der Waals surface area (Å²) in [6.07, 6.45) is 1.06. The number of ketones is 1. The predicted molar refractivity (Wildman–Crippen MR) is 111 cm³/mol. The molecule has 0 atom stereocenters. The summed E-state index contributed by atoms with van der Waals surface area (Å²) in [5.41, 5.74) is 5.43. The Morgan fingerprint density at radius 2 is 1.89 bits per heavy atom. The summed E-state index contributed by atoms with van der Waals surface area (Å²) in [7, 11) is 1.91. The number of thiazole rings is 1. The number of esters is 1. The molecule has 3 rings (SSSR count). The Labute approximate surface area is 169 Å². The molecule has 1 aromatic carbocycles. The van der Waals surface area contributed by atoms with Gasteiger partial charge in [-0.1, -0.05) is 31.2 Å². The molecule has 3 aromatic rings. The second kappa shape index (κ2) is 8.52. The Balaban J connectivity index is 1.57. The summed E-state index contributed by atoms with van der Waals surface area (Å²) in [6, 6.07) is 10.1. The number of hydrogen-bond donors (Lipinski definition) is 0. The first-order valence-corrected chi connectivity index (χ1v) is 10.1. The predicted octanol–water partition coefficient (Wildman–Crippen LogP) is 4.30. The van der Waals surface area contributed by atoms with Gasteiger partial charge in [-0.05, 0) is 31.9 Å². The van der Waals surface area contributed by atoms with Crippen LogP contribution in [0.5, 0.6) is 0 Å². The van der Waals surface area contributed by atoms with E-state index in [-0.39, 0.29) is 18.8 Å². The highest BCUT2D eigenvalue weighted by Crippen LogP contribution is 2.24. The molecule has 0 amide bonds. The Morgan fingerprint density at radius 3 is 2.50 bits per heavy atom. The second-order valence-corrected chi connectivity index (χ2v) is 7.66. The molecule has 0 N–H and O–H groups in total. The number of carbonyl (C=O) groups is 2. The Hall–Kier alpha value is -2.73. The molecule has 0 fully saturated rings. The number of hydrogen-bond acceptors (Lipinski definition) is 5. The first kappa shape index (κ1) is 20.0. The van der Waals surface area contributed by atoms with Gasteiger partial charge in [0.05, 0.1) is 12.1 Å². The number of aromatic nitrogens is 2. The molecule has 6 heteroatoms. The largest absolute Gasteiger partial charge is 0.457 e. The zero-order chi connectivity index (χ0) is 20.3. The zero-order valence-electron chi connectivity index (χ0n) is 16.6. The average Bonchev–Trinajstić information content (AvgIpc) is 3.26. The number of nitrogens with zero attached hydrogens (tertiary/aromatic N) is 2. The van der Waals surface area contributed by atoms with Crippen molar-refractivity contribution in [1.29, 1.82) is 0 Å². The van der Waals surface area contributed by atoms with E-state index in [1.54, 1.807) is 0 Å². The fourth-order valence-electron chi connectivity index (χ4n) is 2.96. The van der Waals surface area contributed by atoms with Gasteiger partial charge in [0.1, 0.15) is 5.01 Å². The van der Waals surface area contributed by atoms with Crippen LogP contribution in [0.15, 0.2) is 35.7 Å². The van der Waals surface area contributed by atoms with Crippen LogP contribution in [-0.4, -0.2) is 27.9 Å². The van der Waals surface area contributed by atoms with Crippen LogP contribution >= 0.6 is 11.3 Å². The van der Waals surface area contributed by atoms with Crippen molar-refractivity contribution in [2.24, 2.45) is 7.05 Å². The SMILES string of the molecule is CCc1ccc(-c2nc(CC(=O)OCC(=O)c3cc(C)n(C)c3C)cs2)cc1. The Morgan fingerprint density at radius 1 is 1.18 bits per heavy atom. The molecule has 0 aliphatic rings. The maximum Gasteiger partial charge on any atom is 0.312 e. The molecular weight excluding hydrogens is 372 g/mol. The van der Waals surface area contributed by atoms with Crippen molar-refractivity contribution in [3.63, 3.8) is 0 Å². The van der Waals surface area contributed by atoms with E-state index >= 15 is 0 Å². The number of Topliss-reactive ketones (excluding diaryl/α,β-unsaturated/α-hetero) is 1. The highest BCUT2D eigenvalue weighted by atomic mass is 32.1. The van der Waals surface area contributed by atoms with Gasteiger partial charge in [-0.15, -0.1) is 11.3 Å². The van der Waals surface area contributed by atoms with Gasteiger partial charge in [0.15, 0.2) is 6.61 Å². The topological polar surface area (TPSA) is 61.2 Å². The van der Waals surface area contributed by atoms with Crippen molar-refractivity contribution < 1.29 is 14.3 Å². The van der Waals surface area contributed by atoms with E-state index in [0.717, 1.165) is 28.4 Å². The maximum absolute atomic E-state index is 12.3. The summed E-state index contributed by atoms with van der Waals surface area (Å²) in [4.78, 5) is 29.0. The molecular formula is C22H24N2O3S. The zero-order valence-corrected chi connectivity index (χ0v) is 17.4. The summed E-state index contributed by atoms with van der Waals surface area (Å²) >= 11 is 1.50. The van der Waals surface area contributed by atoms with Gasteiger partial charge < -0.3 is 9.30 Å². The van der Waals surface area contributed by atoms with E-state index < -0.39 is 5.97 Å². The third kappa shape index (κ3) is 4.39. The molecule has 146 valence electrons. The second-order valence-electron chi connectivity index (χ2n) is 6.80. The third-order valence-corrected chi connectivity index (χ3v) is 5.87. The van der Waals surface area contributed by atoms with E-state index in [9.17, 15) is 9.59 Å². The van der Waals surface area contributed by atoms with Gasteiger partial charge in [-0.2, -0.15) is 0 Å². The van der Waals surface area contributed by atoms with Gasteiger partial charge >= 0.3 is 5.97 Å². The van der Waals surface area contributed by atoms with Crippen LogP contribution in [0, 0.1) is 13.8 Å². The number of carbonyl (C=O) groups excluding carboxylic acids is 2. The molecule has 2 aromatic heterocycles. The molecule has 28 heavy (non-hydrogen) atoms. The minimum absolute atomic E-state index is 0.0591. The first-order chi connectivity index (χ1) is 13.4. The molecule has 0 saturated carbocycles. The minimum Gasteiger partial charge on any atom is -0.457 e. The highest BCUT2D eigenvalue weighted by molar-refractivity contribution is 7.13. The normalized spacial score (nSPS) is 10.9. The smallest absolute Gasteiger partial charge is 0.312 e. The standard InChI is InChI=1S/C22H24N2O3S/c1-5-16-6-8-17(9-7-16)22-23-18(13-28-22)11-21(26)27-12-20(25)19-10-14(2)24(4)15(19)3/h6-10,13H,5,11-12H2,1-4H3. The van der Waals surface area contributed by atoms with Crippen molar-refractivity contribution in [1.82, 2.24) is 9.55 Å². The third-order valence-electron chi connectivity index (χ3n) is 4.93. The molecule has 0 bridgehead atoms. The fourth-order valence-corrected chi connectivity index (χ4v) is 3.79. The molecule has 0 unspecified atom stereocenters. The minimum atomic E-state index is -0.447. The van der Waals surface area contributed by atoms with Crippen LogP contribution in [0.2, 0.25) is 0 Å². The maximum atomic E-state index is 12.3. The average molecular weight is 397 g/mol. The van der Waals surface area contributed by atoms with Gasteiger partial charge in [-0.3, -0.25) is 9.59 Å². The van der Waals surface area contributed by atoms with E-state index in [2.05, 4.69) is 24.0 Å². The number of benzene rings is 1. The lowest BCUT2D eigenvalue weighted by Crippen LogP contribution is -2.16. The monoisotopic (exact) mass is 396 g/mol. The van der Waals surface area contributed by atoms with Crippen LogP contribution in [0.1, 0.15) is 39.9 Å². The van der Waals surface area contributed by atoms with E-state index in [0.29, 0.717) is 11.3 Å². The summed E-state index contributed by atoms with van der Waals surface area (Å²) < 4.78 is 7.12. The summed E-state index contributed by atoms with van der Waals surface area (Å²) in [5.74, 6) is -0.638. The van der Waals surface area contributed by atoms with Crippen molar-refractivity contribution in [3.8, 4) is 10.6 Å². The lowest BCUT2D eigenvalue weighted by molar-refractivity contribution is -0.141.